The molecule has 0 heterocycles. The number of nitrogens with one attached hydrogen (secondary N) is 1. The van der Waals surface area contributed by atoms with E-state index in [1.807, 2.05) is 32.0 Å². The molecule has 0 saturated heterocycles. The molecule has 0 bridgehead atoms. The van der Waals surface area contributed by atoms with Crippen LogP contribution in [0.15, 0.2) is 18.2 Å². The minimum absolute atomic E-state index is 0.605. The van der Waals surface area contributed by atoms with Crippen molar-refractivity contribution in [1.82, 2.24) is 0 Å². The fraction of sp³-hybridized carbons (Fsp3) is 0.400. The third-order valence-corrected chi connectivity index (χ3v) is 1.71. The Balaban J connectivity index is 2.91. The lowest BCUT2D eigenvalue weighted by Crippen LogP contribution is -2.07. The van der Waals surface area contributed by atoms with Crippen LogP contribution in [-0.2, 0) is 0 Å². The van der Waals surface area contributed by atoms with Gasteiger partial charge < -0.3 is 14.9 Å². The molecule has 0 saturated carbocycles. The quantitative estimate of drug-likeness (QED) is 0.556. The Kier molecular flexibility index (Phi) is 4.07. The van der Waals surface area contributed by atoms with E-state index in [1.54, 1.807) is 0 Å². The summed E-state index contributed by atoms with van der Waals surface area (Å²) in [6, 6.07) is 5.49. The van der Waals surface area contributed by atoms with Crippen LogP contribution in [0.25, 0.3) is 0 Å². The molecule has 1 rings (SSSR count). The lowest BCUT2D eigenvalue weighted by atomic mass is 10.3. The zero-order valence-corrected chi connectivity index (χ0v) is 8.54. The van der Waals surface area contributed by atoms with Gasteiger partial charge in [0, 0.05) is 6.07 Å². The van der Waals surface area contributed by atoms with Gasteiger partial charge in [-0.15, -0.1) is 0 Å². The second kappa shape index (κ2) is 5.34. The van der Waals surface area contributed by atoms with Crippen molar-refractivity contribution in [2.24, 2.45) is 5.84 Å². The number of rotatable bonds is 5. The van der Waals surface area contributed by atoms with E-state index >= 15 is 0 Å². The van der Waals surface area contributed by atoms with Crippen molar-refractivity contribution in [3.8, 4) is 11.5 Å². The maximum atomic E-state index is 5.41. The van der Waals surface area contributed by atoms with Crippen molar-refractivity contribution in [2.75, 3.05) is 18.6 Å². The highest BCUT2D eigenvalue weighted by Gasteiger charge is 2.04. The molecule has 1 aromatic carbocycles. The van der Waals surface area contributed by atoms with Gasteiger partial charge in [-0.3, -0.25) is 5.84 Å². The molecule has 14 heavy (non-hydrogen) atoms. The van der Waals surface area contributed by atoms with Crippen LogP contribution in [0, 0.1) is 0 Å². The Bertz CT molecular complexity index is 289. The van der Waals surface area contributed by atoms with Crippen molar-refractivity contribution in [1.29, 1.82) is 0 Å². The first-order chi connectivity index (χ1) is 6.81. The van der Waals surface area contributed by atoms with Crippen LogP contribution in [0.1, 0.15) is 13.8 Å². The van der Waals surface area contributed by atoms with E-state index in [-0.39, 0.29) is 0 Å². The summed E-state index contributed by atoms with van der Waals surface area (Å²) < 4.78 is 10.8. The summed E-state index contributed by atoms with van der Waals surface area (Å²) >= 11 is 0. The SMILES string of the molecule is CCOc1ccc(NN)cc1OCC. The molecule has 3 N–H and O–H groups in total. The van der Waals surface area contributed by atoms with Gasteiger partial charge in [-0.1, -0.05) is 0 Å². The summed E-state index contributed by atoms with van der Waals surface area (Å²) in [5, 5.41) is 0. The van der Waals surface area contributed by atoms with Crippen LogP contribution in [0.3, 0.4) is 0 Å². The van der Waals surface area contributed by atoms with Gasteiger partial charge in [0.1, 0.15) is 0 Å². The molecule has 1 aromatic rings. The van der Waals surface area contributed by atoms with Gasteiger partial charge in [0.15, 0.2) is 11.5 Å². The molecule has 0 radical (unpaired) electrons. The summed E-state index contributed by atoms with van der Waals surface area (Å²) in [7, 11) is 0. The molecular formula is C10H16N2O2. The maximum Gasteiger partial charge on any atom is 0.163 e. The molecule has 0 spiro atoms. The number of hydrogen-bond donors (Lipinski definition) is 2. The Labute approximate surface area is 84.0 Å². The van der Waals surface area contributed by atoms with Gasteiger partial charge in [0.2, 0.25) is 0 Å². The van der Waals surface area contributed by atoms with Gasteiger partial charge in [-0.2, -0.15) is 0 Å². The number of anilines is 1. The topological polar surface area (TPSA) is 56.5 Å². The fourth-order valence-electron chi connectivity index (χ4n) is 1.14. The monoisotopic (exact) mass is 196 g/mol. The zero-order valence-electron chi connectivity index (χ0n) is 8.54. The highest BCUT2D eigenvalue weighted by atomic mass is 16.5. The summed E-state index contributed by atoms with van der Waals surface area (Å²) in [5.74, 6) is 6.75. The van der Waals surface area contributed by atoms with Crippen molar-refractivity contribution < 1.29 is 9.47 Å². The Morgan fingerprint density at radius 3 is 2.36 bits per heavy atom. The van der Waals surface area contributed by atoms with Crippen molar-refractivity contribution >= 4 is 5.69 Å². The molecular weight excluding hydrogens is 180 g/mol. The molecule has 0 aliphatic heterocycles. The van der Waals surface area contributed by atoms with Crippen LogP contribution < -0.4 is 20.7 Å². The lowest BCUT2D eigenvalue weighted by molar-refractivity contribution is 0.288. The molecule has 0 aliphatic carbocycles. The van der Waals surface area contributed by atoms with Gasteiger partial charge >= 0.3 is 0 Å². The molecule has 78 valence electrons. The smallest absolute Gasteiger partial charge is 0.163 e. The van der Waals surface area contributed by atoms with Crippen LogP contribution >= 0.6 is 0 Å². The number of nitrogens with two attached hydrogens (primary N) is 1. The predicted molar refractivity (Wildman–Crippen MR) is 56.6 cm³/mol. The highest BCUT2D eigenvalue weighted by Crippen LogP contribution is 2.30. The number of ether oxygens (including phenoxy) is 2. The van der Waals surface area contributed by atoms with Gasteiger partial charge in [0.05, 0.1) is 18.9 Å². The lowest BCUT2D eigenvalue weighted by Gasteiger charge is -2.11. The first-order valence-electron chi connectivity index (χ1n) is 4.68. The number of hydrogen-bond acceptors (Lipinski definition) is 4. The maximum absolute atomic E-state index is 5.41. The molecule has 4 heteroatoms. The second-order valence-corrected chi connectivity index (χ2v) is 2.67. The van der Waals surface area contributed by atoms with Crippen molar-refractivity contribution in [2.45, 2.75) is 13.8 Å². The summed E-state index contributed by atoms with van der Waals surface area (Å²) in [5.41, 5.74) is 3.36. The molecule has 0 fully saturated rings. The van der Waals surface area contributed by atoms with E-state index in [1.165, 1.54) is 0 Å². The molecule has 0 unspecified atom stereocenters. The summed E-state index contributed by atoms with van der Waals surface area (Å²) in [6.07, 6.45) is 0. The third-order valence-electron chi connectivity index (χ3n) is 1.71. The summed E-state index contributed by atoms with van der Waals surface area (Å²) in [4.78, 5) is 0. The van der Waals surface area contributed by atoms with Gasteiger partial charge in [0.25, 0.3) is 0 Å². The molecule has 0 aliphatic rings. The minimum atomic E-state index is 0.605. The standard InChI is InChI=1S/C10H16N2O2/c1-3-13-9-6-5-8(12-11)7-10(9)14-4-2/h5-7,12H,3-4,11H2,1-2H3. The first kappa shape index (κ1) is 10.7. The van der Waals surface area contributed by atoms with Gasteiger partial charge in [-0.05, 0) is 26.0 Å². The Hall–Kier alpha value is -1.42. The number of hydrazine groups is 1. The van der Waals surface area contributed by atoms with E-state index in [0.717, 1.165) is 11.4 Å². The Morgan fingerprint density at radius 1 is 1.14 bits per heavy atom. The third kappa shape index (κ3) is 2.53. The Morgan fingerprint density at radius 2 is 1.79 bits per heavy atom. The van der Waals surface area contributed by atoms with E-state index in [0.29, 0.717) is 19.0 Å². The van der Waals surface area contributed by atoms with E-state index in [9.17, 15) is 0 Å². The van der Waals surface area contributed by atoms with Crippen LogP contribution in [0.4, 0.5) is 5.69 Å². The zero-order chi connectivity index (χ0) is 10.4. The van der Waals surface area contributed by atoms with Gasteiger partial charge in [-0.25, -0.2) is 0 Å². The molecule has 4 nitrogen and oxygen atoms in total. The fourth-order valence-corrected chi connectivity index (χ4v) is 1.14. The predicted octanol–water partition coefficient (Wildman–Crippen LogP) is 1.77. The van der Waals surface area contributed by atoms with Crippen LogP contribution in [-0.4, -0.2) is 13.2 Å². The van der Waals surface area contributed by atoms with Crippen LogP contribution in [0.2, 0.25) is 0 Å². The first-order valence-corrected chi connectivity index (χ1v) is 4.68. The van der Waals surface area contributed by atoms with Crippen LogP contribution in [0.5, 0.6) is 11.5 Å². The van der Waals surface area contributed by atoms with E-state index in [4.69, 9.17) is 15.3 Å². The normalized spacial score (nSPS) is 9.64. The second-order valence-electron chi connectivity index (χ2n) is 2.67. The summed E-state index contributed by atoms with van der Waals surface area (Å²) in [6.45, 7) is 5.09. The van der Waals surface area contributed by atoms with Crippen molar-refractivity contribution in [3.63, 3.8) is 0 Å². The average molecular weight is 196 g/mol. The average Bonchev–Trinajstić information content (AvgIpc) is 2.21. The molecule has 0 amide bonds. The largest absolute Gasteiger partial charge is 0.490 e. The minimum Gasteiger partial charge on any atom is -0.490 e. The number of nitrogen functional groups attached to an aromatic ring is 1. The van der Waals surface area contributed by atoms with Crippen molar-refractivity contribution in [3.05, 3.63) is 18.2 Å². The van der Waals surface area contributed by atoms with E-state index < -0.39 is 0 Å². The number of benzene rings is 1. The van der Waals surface area contributed by atoms with E-state index in [2.05, 4.69) is 5.43 Å². The highest BCUT2D eigenvalue weighted by molar-refractivity contribution is 5.54. The molecule has 0 aromatic heterocycles. The molecule has 0 atom stereocenters.